The van der Waals surface area contributed by atoms with Gasteiger partial charge >= 0.3 is 11.8 Å². The fourth-order valence-electron chi connectivity index (χ4n) is 2.67. The van der Waals surface area contributed by atoms with Crippen LogP contribution in [-0.2, 0) is 11.0 Å². The van der Waals surface area contributed by atoms with Gasteiger partial charge in [-0.15, -0.1) is 0 Å². The number of amides is 1. The zero-order valence-corrected chi connectivity index (χ0v) is 16.0. The van der Waals surface area contributed by atoms with Gasteiger partial charge in [-0.2, -0.15) is 13.2 Å². The molecule has 152 valence electrons. The van der Waals surface area contributed by atoms with E-state index in [1.54, 1.807) is 19.1 Å². The molecule has 29 heavy (non-hydrogen) atoms. The zero-order valence-electron chi connectivity index (χ0n) is 15.3. The summed E-state index contributed by atoms with van der Waals surface area (Å²) in [5, 5.41) is 3.00. The molecule has 0 saturated heterocycles. The lowest BCUT2D eigenvalue weighted by Gasteiger charge is -2.16. The van der Waals surface area contributed by atoms with Crippen molar-refractivity contribution >= 4 is 34.2 Å². The van der Waals surface area contributed by atoms with Crippen LogP contribution in [0.15, 0.2) is 51.7 Å². The van der Waals surface area contributed by atoms with Gasteiger partial charge in [-0.05, 0) is 49.7 Å². The van der Waals surface area contributed by atoms with E-state index in [1.807, 2.05) is 0 Å². The summed E-state index contributed by atoms with van der Waals surface area (Å²) >= 11 is 5.89. The zero-order chi connectivity index (χ0) is 21.3. The fraction of sp³-hybridized carbons (Fsp3) is 0.200. The first kappa shape index (κ1) is 20.7. The molecule has 0 aliphatic rings. The molecule has 9 heteroatoms. The van der Waals surface area contributed by atoms with Crippen LogP contribution >= 0.6 is 11.6 Å². The molecule has 1 unspecified atom stereocenters. The van der Waals surface area contributed by atoms with Crippen LogP contribution in [0.1, 0.15) is 18.1 Å². The number of nitrogens with one attached hydrogen (secondary N) is 1. The van der Waals surface area contributed by atoms with Gasteiger partial charge in [0.2, 0.25) is 0 Å². The molecule has 1 N–H and O–H groups in total. The Morgan fingerprint density at radius 3 is 2.59 bits per heavy atom. The summed E-state index contributed by atoms with van der Waals surface area (Å²) in [6.07, 6.45) is -5.63. The van der Waals surface area contributed by atoms with Gasteiger partial charge < -0.3 is 14.5 Å². The summed E-state index contributed by atoms with van der Waals surface area (Å²) in [5.41, 5.74) is -0.612. The molecule has 2 aromatic carbocycles. The Labute approximate surface area is 168 Å². The number of carbonyl (C=O) groups excluding carboxylic acids is 1. The third-order valence-corrected chi connectivity index (χ3v) is 4.49. The van der Waals surface area contributed by atoms with E-state index in [0.29, 0.717) is 11.0 Å². The molecule has 1 heterocycles. The minimum atomic E-state index is -4.57. The second-order valence-corrected chi connectivity index (χ2v) is 6.76. The summed E-state index contributed by atoms with van der Waals surface area (Å²) < 4.78 is 49.2. The molecule has 0 radical (unpaired) electrons. The molecular weight excluding hydrogens is 411 g/mol. The van der Waals surface area contributed by atoms with Gasteiger partial charge in [0.15, 0.2) is 6.10 Å². The van der Waals surface area contributed by atoms with Gasteiger partial charge in [0.1, 0.15) is 11.3 Å². The molecule has 0 aliphatic carbocycles. The number of carbonyl (C=O) groups is 1. The number of hydrogen-bond acceptors (Lipinski definition) is 4. The summed E-state index contributed by atoms with van der Waals surface area (Å²) in [4.78, 5) is 23.9. The summed E-state index contributed by atoms with van der Waals surface area (Å²) in [6, 6.07) is 8.72. The van der Waals surface area contributed by atoms with Crippen LogP contribution < -0.4 is 15.7 Å². The standard InChI is InChI=1S/C20H15ClF3NO4/c1-10-7-18(26)29-17-9-13(4-5-14(10)17)28-11(2)19(27)25-16-8-12(20(22,23)24)3-6-15(16)21/h3-9,11H,1-2H3,(H,25,27). The Kier molecular flexibility index (Phi) is 5.57. The molecule has 0 bridgehead atoms. The summed E-state index contributed by atoms with van der Waals surface area (Å²) in [7, 11) is 0. The second kappa shape index (κ2) is 7.79. The van der Waals surface area contributed by atoms with Gasteiger partial charge in [0.05, 0.1) is 16.3 Å². The van der Waals surface area contributed by atoms with Crippen LogP contribution in [-0.4, -0.2) is 12.0 Å². The lowest BCUT2D eigenvalue weighted by Crippen LogP contribution is -2.30. The van der Waals surface area contributed by atoms with E-state index in [-0.39, 0.29) is 16.5 Å². The third-order valence-electron chi connectivity index (χ3n) is 4.16. The molecule has 0 fully saturated rings. The number of hydrogen-bond donors (Lipinski definition) is 1. The van der Waals surface area contributed by atoms with E-state index in [0.717, 1.165) is 23.8 Å². The molecule has 0 aliphatic heterocycles. The minimum absolute atomic E-state index is 0.0403. The van der Waals surface area contributed by atoms with Gasteiger partial charge in [-0.3, -0.25) is 4.79 Å². The number of aryl methyl sites for hydroxylation is 1. The Hall–Kier alpha value is -3.00. The average Bonchev–Trinajstić information content (AvgIpc) is 2.62. The third kappa shape index (κ3) is 4.71. The van der Waals surface area contributed by atoms with Gasteiger partial charge in [-0.1, -0.05) is 11.6 Å². The first-order chi connectivity index (χ1) is 13.5. The lowest BCUT2D eigenvalue weighted by atomic mass is 10.1. The van der Waals surface area contributed by atoms with E-state index in [2.05, 4.69) is 5.32 Å². The monoisotopic (exact) mass is 425 g/mol. The average molecular weight is 426 g/mol. The minimum Gasteiger partial charge on any atom is -0.481 e. The highest BCUT2D eigenvalue weighted by Crippen LogP contribution is 2.34. The second-order valence-electron chi connectivity index (χ2n) is 6.35. The van der Waals surface area contributed by atoms with Crippen molar-refractivity contribution in [2.75, 3.05) is 5.32 Å². The smallest absolute Gasteiger partial charge is 0.416 e. The van der Waals surface area contributed by atoms with Crippen molar-refractivity contribution in [1.29, 1.82) is 0 Å². The summed E-state index contributed by atoms with van der Waals surface area (Å²) in [6.45, 7) is 3.18. The fourth-order valence-corrected chi connectivity index (χ4v) is 2.83. The van der Waals surface area contributed by atoms with Crippen LogP contribution in [0, 0.1) is 6.92 Å². The van der Waals surface area contributed by atoms with E-state index in [9.17, 15) is 22.8 Å². The Balaban J connectivity index is 1.78. The Morgan fingerprint density at radius 2 is 1.90 bits per heavy atom. The normalized spacial score (nSPS) is 12.6. The maximum Gasteiger partial charge on any atom is 0.416 e. The number of anilines is 1. The van der Waals surface area contributed by atoms with Crippen LogP contribution in [0.4, 0.5) is 18.9 Å². The largest absolute Gasteiger partial charge is 0.481 e. The molecule has 0 spiro atoms. The molecule has 0 saturated carbocycles. The van der Waals surface area contributed by atoms with Crippen molar-refractivity contribution in [3.8, 4) is 5.75 Å². The van der Waals surface area contributed by atoms with Gasteiger partial charge in [0.25, 0.3) is 5.91 Å². The van der Waals surface area contributed by atoms with Crippen LogP contribution in [0.5, 0.6) is 5.75 Å². The van der Waals surface area contributed by atoms with Crippen molar-refractivity contribution in [1.82, 2.24) is 0 Å². The highest BCUT2D eigenvalue weighted by molar-refractivity contribution is 6.33. The van der Waals surface area contributed by atoms with Crippen LogP contribution in [0.25, 0.3) is 11.0 Å². The van der Waals surface area contributed by atoms with E-state index in [1.165, 1.54) is 19.1 Å². The van der Waals surface area contributed by atoms with Crippen molar-refractivity contribution in [2.24, 2.45) is 0 Å². The number of benzene rings is 2. The molecular formula is C20H15ClF3NO4. The number of alkyl halides is 3. The molecule has 1 atom stereocenters. The maximum absolute atomic E-state index is 12.9. The van der Waals surface area contributed by atoms with Crippen molar-refractivity contribution in [3.05, 3.63) is 69.0 Å². The summed E-state index contributed by atoms with van der Waals surface area (Å²) in [5.74, 6) is -0.443. The van der Waals surface area contributed by atoms with E-state index >= 15 is 0 Å². The number of rotatable bonds is 4. The number of ether oxygens (including phenoxy) is 1. The predicted octanol–water partition coefficient (Wildman–Crippen LogP) is 5.18. The molecule has 3 rings (SSSR count). The Bertz CT molecular complexity index is 1140. The van der Waals surface area contributed by atoms with Crippen molar-refractivity contribution in [2.45, 2.75) is 26.1 Å². The number of fused-ring (bicyclic) bond motifs is 1. The topological polar surface area (TPSA) is 68.5 Å². The maximum atomic E-state index is 12.9. The first-order valence-electron chi connectivity index (χ1n) is 8.43. The predicted molar refractivity (Wildman–Crippen MR) is 102 cm³/mol. The van der Waals surface area contributed by atoms with Gasteiger partial charge in [-0.25, -0.2) is 4.79 Å². The van der Waals surface area contributed by atoms with Gasteiger partial charge in [0, 0.05) is 17.5 Å². The van der Waals surface area contributed by atoms with Crippen molar-refractivity contribution < 1.29 is 27.1 Å². The highest BCUT2D eigenvalue weighted by atomic mass is 35.5. The molecule has 3 aromatic rings. The van der Waals surface area contributed by atoms with E-state index in [4.69, 9.17) is 20.8 Å². The molecule has 1 aromatic heterocycles. The van der Waals surface area contributed by atoms with Crippen molar-refractivity contribution in [3.63, 3.8) is 0 Å². The van der Waals surface area contributed by atoms with Crippen LogP contribution in [0.3, 0.4) is 0 Å². The Morgan fingerprint density at radius 1 is 1.17 bits per heavy atom. The van der Waals surface area contributed by atoms with Crippen LogP contribution in [0.2, 0.25) is 5.02 Å². The quantitative estimate of drug-likeness (QED) is 0.585. The van der Waals surface area contributed by atoms with E-state index < -0.39 is 29.4 Å². The molecule has 5 nitrogen and oxygen atoms in total. The SMILES string of the molecule is Cc1cc(=O)oc2cc(OC(C)C(=O)Nc3cc(C(F)(F)F)ccc3Cl)ccc12. The molecule has 1 amide bonds. The highest BCUT2D eigenvalue weighted by Gasteiger charge is 2.31. The number of halogens is 4. The first-order valence-corrected chi connectivity index (χ1v) is 8.81. The lowest BCUT2D eigenvalue weighted by molar-refractivity contribution is -0.137.